The molecule has 42 heavy (non-hydrogen) atoms. The van der Waals surface area contributed by atoms with Crippen LogP contribution in [0.3, 0.4) is 0 Å². The highest BCUT2D eigenvalue weighted by Gasteiger charge is 2.27. The monoisotopic (exact) mass is 583 g/mol. The first-order valence-corrected chi connectivity index (χ1v) is 15.8. The number of nitrogens with zero attached hydrogens (tertiary/aromatic N) is 1. The Morgan fingerprint density at radius 2 is 1.64 bits per heavy atom. The third kappa shape index (κ3) is 7.10. The number of nitrogens with one attached hydrogen (secondary N) is 1. The van der Waals surface area contributed by atoms with Crippen molar-refractivity contribution < 1.29 is 4.79 Å². The van der Waals surface area contributed by atoms with Crippen LogP contribution >= 0.6 is 12.4 Å². The van der Waals surface area contributed by atoms with Gasteiger partial charge in [0.2, 0.25) is 5.91 Å². The van der Waals surface area contributed by atoms with E-state index in [1.807, 2.05) is 0 Å². The SMILES string of the molecule is Cc1cccc(C(CC(=O)NC2CCC(N)CC2)c2cn(CC3CCCCC3)c3ccc(-c4ccccc4)cc23)c1.Cl. The minimum Gasteiger partial charge on any atom is -0.353 e. The molecule has 3 aromatic carbocycles. The predicted molar refractivity (Wildman–Crippen MR) is 177 cm³/mol. The van der Waals surface area contributed by atoms with E-state index in [4.69, 9.17) is 5.73 Å². The van der Waals surface area contributed by atoms with E-state index in [0.717, 1.165) is 38.1 Å². The number of fused-ring (bicyclic) bond motifs is 1. The Bertz CT molecular complexity index is 1470. The fourth-order valence-electron chi connectivity index (χ4n) is 7.24. The summed E-state index contributed by atoms with van der Waals surface area (Å²) in [6.45, 7) is 3.20. The number of hydrogen-bond acceptors (Lipinski definition) is 2. The fourth-order valence-corrected chi connectivity index (χ4v) is 7.24. The van der Waals surface area contributed by atoms with Gasteiger partial charge in [-0.25, -0.2) is 0 Å². The summed E-state index contributed by atoms with van der Waals surface area (Å²) in [4.78, 5) is 13.6. The second-order valence-electron chi connectivity index (χ2n) is 12.7. The smallest absolute Gasteiger partial charge is 0.221 e. The van der Waals surface area contributed by atoms with Gasteiger partial charge in [-0.3, -0.25) is 4.79 Å². The maximum atomic E-state index is 13.6. The van der Waals surface area contributed by atoms with Gasteiger partial charge in [0.1, 0.15) is 0 Å². The standard InChI is InChI=1S/C37H45N3O.ClH/c1-26-9-8-14-30(21-26)33(23-37(41)39-32-18-16-31(38)17-19-32)35-25-40(24-27-10-4-2-5-11-27)36-20-15-29(22-34(35)36)28-12-6-3-7-13-28;/h3,6-9,12-15,20-22,25,27,31-33H,2,4-5,10-11,16-19,23-24,38H2,1H3,(H,39,41);1H. The van der Waals surface area contributed by atoms with Gasteiger partial charge in [0, 0.05) is 48.1 Å². The van der Waals surface area contributed by atoms with Crippen LogP contribution in [0.4, 0.5) is 0 Å². The molecule has 0 aliphatic heterocycles. The number of carbonyl (C=O) groups excluding carboxylic acids is 1. The second kappa shape index (κ2) is 13.9. The number of aromatic nitrogens is 1. The first kappa shape index (κ1) is 30.4. The van der Waals surface area contributed by atoms with Crippen molar-refractivity contribution in [3.05, 3.63) is 95.7 Å². The van der Waals surface area contributed by atoms with Crippen LogP contribution in [0.5, 0.6) is 0 Å². The van der Waals surface area contributed by atoms with Crippen molar-refractivity contribution in [2.45, 2.75) is 95.7 Å². The molecule has 4 aromatic rings. The van der Waals surface area contributed by atoms with E-state index in [1.54, 1.807) is 0 Å². The summed E-state index contributed by atoms with van der Waals surface area (Å²) < 4.78 is 2.50. The molecule has 2 saturated carbocycles. The molecule has 1 unspecified atom stereocenters. The lowest BCUT2D eigenvalue weighted by Gasteiger charge is -2.27. The maximum absolute atomic E-state index is 13.6. The van der Waals surface area contributed by atoms with Crippen LogP contribution in [0.25, 0.3) is 22.0 Å². The molecule has 2 aliphatic carbocycles. The quantitative estimate of drug-likeness (QED) is 0.218. The van der Waals surface area contributed by atoms with E-state index in [1.165, 1.54) is 70.8 Å². The van der Waals surface area contributed by atoms with E-state index in [9.17, 15) is 4.79 Å². The third-order valence-electron chi connectivity index (χ3n) is 9.55. The number of aryl methyl sites for hydroxylation is 1. The molecule has 4 nitrogen and oxygen atoms in total. The molecule has 0 bridgehead atoms. The third-order valence-corrected chi connectivity index (χ3v) is 9.55. The molecule has 222 valence electrons. The molecule has 5 heteroatoms. The Morgan fingerprint density at radius 1 is 0.881 bits per heavy atom. The van der Waals surface area contributed by atoms with E-state index < -0.39 is 0 Å². The first-order valence-electron chi connectivity index (χ1n) is 15.8. The summed E-state index contributed by atoms with van der Waals surface area (Å²) in [5.41, 5.74) is 13.6. The zero-order valence-corrected chi connectivity index (χ0v) is 25.8. The molecule has 3 N–H and O–H groups in total. The van der Waals surface area contributed by atoms with Crippen molar-refractivity contribution in [1.82, 2.24) is 9.88 Å². The molecule has 0 saturated heterocycles. The predicted octanol–water partition coefficient (Wildman–Crippen LogP) is 8.53. The van der Waals surface area contributed by atoms with Gasteiger partial charge in [-0.2, -0.15) is 0 Å². The molecular formula is C37H46ClN3O. The molecular weight excluding hydrogens is 538 g/mol. The Balaban J connectivity index is 0.00000353. The van der Waals surface area contributed by atoms with Crippen LogP contribution in [0, 0.1) is 12.8 Å². The normalized spacial score (nSPS) is 20.1. The van der Waals surface area contributed by atoms with Gasteiger partial charge in [0.25, 0.3) is 0 Å². The van der Waals surface area contributed by atoms with Gasteiger partial charge in [0.05, 0.1) is 0 Å². The van der Waals surface area contributed by atoms with Crippen LogP contribution in [0.2, 0.25) is 0 Å². The Kier molecular flexibility index (Phi) is 10.1. The summed E-state index contributed by atoms with van der Waals surface area (Å²) in [5.74, 6) is 0.852. The minimum absolute atomic E-state index is 0. The van der Waals surface area contributed by atoms with Crippen molar-refractivity contribution >= 4 is 29.2 Å². The van der Waals surface area contributed by atoms with Gasteiger partial charge in [-0.15, -0.1) is 12.4 Å². The zero-order chi connectivity index (χ0) is 28.2. The van der Waals surface area contributed by atoms with Gasteiger partial charge in [0.15, 0.2) is 0 Å². The van der Waals surface area contributed by atoms with Crippen molar-refractivity contribution in [3.63, 3.8) is 0 Å². The lowest BCUT2D eigenvalue weighted by atomic mass is 9.86. The number of halogens is 1. The number of nitrogens with two attached hydrogens (primary N) is 1. The van der Waals surface area contributed by atoms with E-state index >= 15 is 0 Å². The summed E-state index contributed by atoms with van der Waals surface area (Å²) in [6.07, 6.45) is 13.4. The summed E-state index contributed by atoms with van der Waals surface area (Å²) in [6, 6.07) is 26.8. The van der Waals surface area contributed by atoms with Gasteiger partial charge in [-0.05, 0) is 85.8 Å². The molecule has 1 aromatic heterocycles. The number of benzene rings is 3. The Hall–Kier alpha value is -3.08. The van der Waals surface area contributed by atoms with Crippen LogP contribution in [-0.4, -0.2) is 22.6 Å². The molecule has 0 spiro atoms. The fraction of sp³-hybridized carbons (Fsp3) is 0.432. The molecule has 2 aliphatic rings. The number of carbonyl (C=O) groups is 1. The average Bonchev–Trinajstić information content (AvgIpc) is 3.35. The van der Waals surface area contributed by atoms with Crippen molar-refractivity contribution in [3.8, 4) is 11.1 Å². The average molecular weight is 584 g/mol. The van der Waals surface area contributed by atoms with Gasteiger partial charge < -0.3 is 15.6 Å². The Morgan fingerprint density at radius 3 is 2.38 bits per heavy atom. The summed E-state index contributed by atoms with van der Waals surface area (Å²) in [7, 11) is 0. The molecule has 1 heterocycles. The van der Waals surface area contributed by atoms with Crippen molar-refractivity contribution in [2.75, 3.05) is 0 Å². The van der Waals surface area contributed by atoms with Crippen LogP contribution in [0.1, 0.15) is 86.8 Å². The summed E-state index contributed by atoms with van der Waals surface area (Å²) >= 11 is 0. The van der Waals surface area contributed by atoms with E-state index in [2.05, 4.69) is 95.8 Å². The highest BCUT2D eigenvalue weighted by atomic mass is 35.5. The molecule has 2 fully saturated rings. The molecule has 6 rings (SSSR count). The van der Waals surface area contributed by atoms with Crippen LogP contribution in [-0.2, 0) is 11.3 Å². The van der Waals surface area contributed by atoms with Crippen molar-refractivity contribution in [1.29, 1.82) is 0 Å². The van der Waals surface area contributed by atoms with E-state index in [-0.39, 0.29) is 36.3 Å². The minimum atomic E-state index is -0.0122. The maximum Gasteiger partial charge on any atom is 0.221 e. The van der Waals surface area contributed by atoms with E-state index in [0.29, 0.717) is 6.42 Å². The zero-order valence-electron chi connectivity index (χ0n) is 24.9. The summed E-state index contributed by atoms with van der Waals surface area (Å²) in [5, 5.41) is 4.65. The Labute approximate surface area is 257 Å². The highest BCUT2D eigenvalue weighted by molar-refractivity contribution is 5.90. The first-order chi connectivity index (χ1) is 20.0. The lowest BCUT2D eigenvalue weighted by Crippen LogP contribution is -2.40. The molecule has 1 atom stereocenters. The van der Waals surface area contributed by atoms with Gasteiger partial charge in [-0.1, -0.05) is 85.5 Å². The topological polar surface area (TPSA) is 60.1 Å². The molecule has 1 amide bonds. The van der Waals surface area contributed by atoms with Gasteiger partial charge >= 0.3 is 0 Å². The number of amides is 1. The lowest BCUT2D eigenvalue weighted by molar-refractivity contribution is -0.122. The van der Waals surface area contributed by atoms with Crippen molar-refractivity contribution in [2.24, 2.45) is 11.7 Å². The molecule has 0 radical (unpaired) electrons. The number of hydrogen-bond donors (Lipinski definition) is 2. The van der Waals surface area contributed by atoms with Crippen LogP contribution in [0.15, 0.2) is 79.0 Å². The highest BCUT2D eigenvalue weighted by Crippen LogP contribution is 2.38. The largest absolute Gasteiger partial charge is 0.353 e. The second-order valence-corrected chi connectivity index (χ2v) is 12.7. The number of rotatable bonds is 8. The van der Waals surface area contributed by atoms with Crippen LogP contribution < -0.4 is 11.1 Å².